The van der Waals surface area contributed by atoms with Gasteiger partial charge in [0.15, 0.2) is 5.17 Å². The van der Waals surface area contributed by atoms with Gasteiger partial charge in [0.05, 0.1) is 5.69 Å². The zero-order valence-corrected chi connectivity index (χ0v) is 9.83. The monoisotopic (exact) mass is 235 g/mol. The Morgan fingerprint density at radius 1 is 1.44 bits per heavy atom. The number of anilines is 1. The van der Waals surface area contributed by atoms with Gasteiger partial charge in [-0.15, -0.1) is 0 Å². The topological polar surface area (TPSA) is 44.7 Å². The van der Waals surface area contributed by atoms with Gasteiger partial charge in [-0.2, -0.15) is 0 Å². The molecule has 1 fully saturated rings. The van der Waals surface area contributed by atoms with Crippen molar-refractivity contribution in [3.8, 4) is 0 Å². The van der Waals surface area contributed by atoms with Crippen molar-refractivity contribution in [2.75, 3.05) is 24.7 Å². The summed E-state index contributed by atoms with van der Waals surface area (Å²) in [5.74, 6) is 1.10. The molecule has 1 aliphatic heterocycles. The highest BCUT2D eigenvalue weighted by molar-refractivity contribution is 8.14. The van der Waals surface area contributed by atoms with Crippen LogP contribution in [0.15, 0.2) is 29.3 Å². The van der Waals surface area contributed by atoms with E-state index in [1.165, 1.54) is 0 Å². The largest absolute Gasteiger partial charge is 0.353 e. The molecule has 5 heteroatoms. The van der Waals surface area contributed by atoms with Crippen LogP contribution < -0.4 is 5.32 Å². The number of carbonyl (C=O) groups excluding carboxylic acids is 1. The number of carbonyl (C=O) groups is 1. The molecule has 84 valence electrons. The molecule has 0 bridgehead atoms. The average molecular weight is 235 g/mol. The minimum absolute atomic E-state index is 0.668. The van der Waals surface area contributed by atoms with E-state index in [0.29, 0.717) is 6.41 Å². The minimum atomic E-state index is 0.668. The first-order chi connectivity index (χ1) is 7.79. The summed E-state index contributed by atoms with van der Waals surface area (Å²) in [4.78, 5) is 16.9. The van der Waals surface area contributed by atoms with Crippen molar-refractivity contribution in [2.24, 2.45) is 4.99 Å². The number of rotatable bonds is 3. The summed E-state index contributed by atoms with van der Waals surface area (Å²) in [5.41, 5.74) is 1.69. The zero-order chi connectivity index (χ0) is 11.4. The maximum atomic E-state index is 10.2. The van der Waals surface area contributed by atoms with Gasteiger partial charge >= 0.3 is 0 Å². The molecule has 0 radical (unpaired) electrons. The van der Waals surface area contributed by atoms with Crippen molar-refractivity contribution in [2.45, 2.75) is 0 Å². The van der Waals surface area contributed by atoms with Crippen molar-refractivity contribution >= 4 is 34.7 Å². The van der Waals surface area contributed by atoms with E-state index in [0.717, 1.165) is 28.8 Å². The third kappa shape index (κ3) is 2.55. The van der Waals surface area contributed by atoms with E-state index in [2.05, 4.69) is 15.2 Å². The number of nitrogens with one attached hydrogen (secondary N) is 1. The Bertz CT molecular complexity index is 402. The maximum absolute atomic E-state index is 10.2. The van der Waals surface area contributed by atoms with Crippen LogP contribution in [0.4, 0.5) is 11.4 Å². The van der Waals surface area contributed by atoms with Crippen molar-refractivity contribution in [1.29, 1.82) is 0 Å². The number of amidine groups is 1. The van der Waals surface area contributed by atoms with Gasteiger partial charge in [0.2, 0.25) is 6.41 Å². The Hall–Kier alpha value is -1.49. The molecule has 1 aromatic carbocycles. The van der Waals surface area contributed by atoms with Crippen LogP contribution in [-0.2, 0) is 4.79 Å². The van der Waals surface area contributed by atoms with E-state index in [1.54, 1.807) is 11.8 Å². The van der Waals surface area contributed by atoms with Gasteiger partial charge in [0.1, 0.15) is 0 Å². The molecule has 0 saturated carbocycles. The fourth-order valence-corrected chi connectivity index (χ4v) is 2.44. The molecule has 0 aliphatic carbocycles. The van der Waals surface area contributed by atoms with E-state index in [1.807, 2.05) is 31.3 Å². The zero-order valence-electron chi connectivity index (χ0n) is 9.01. The molecule has 16 heavy (non-hydrogen) atoms. The number of hydrogen-bond acceptors (Lipinski definition) is 3. The number of nitrogens with zero attached hydrogens (tertiary/aromatic N) is 2. The van der Waals surface area contributed by atoms with Crippen LogP contribution >= 0.6 is 11.8 Å². The van der Waals surface area contributed by atoms with E-state index in [-0.39, 0.29) is 0 Å². The van der Waals surface area contributed by atoms with E-state index >= 15 is 0 Å². The summed E-state index contributed by atoms with van der Waals surface area (Å²) in [6, 6.07) is 7.47. The fraction of sp³-hybridized carbons (Fsp3) is 0.273. The fourth-order valence-electron chi connectivity index (χ4n) is 1.41. The van der Waals surface area contributed by atoms with Crippen molar-refractivity contribution in [3.63, 3.8) is 0 Å². The Labute approximate surface area is 98.7 Å². The standard InChI is InChI=1S/C11H13N3OS/c1-14-6-7-16-11(14)13-10-4-2-9(3-5-10)12-8-15/h2-5,8H,6-7H2,1H3,(H,12,15). The van der Waals surface area contributed by atoms with Gasteiger partial charge in [-0.1, -0.05) is 11.8 Å². The lowest BCUT2D eigenvalue weighted by atomic mass is 10.3. The van der Waals surface area contributed by atoms with Crippen LogP contribution in [0, 0.1) is 0 Å². The van der Waals surface area contributed by atoms with Crippen molar-refractivity contribution in [3.05, 3.63) is 24.3 Å². The van der Waals surface area contributed by atoms with E-state index in [9.17, 15) is 4.79 Å². The molecule has 0 aromatic heterocycles. The summed E-state index contributed by atoms with van der Waals surface area (Å²) in [6.45, 7) is 1.05. The summed E-state index contributed by atoms with van der Waals surface area (Å²) < 4.78 is 0. The predicted octanol–water partition coefficient (Wildman–Crippen LogP) is 1.92. The van der Waals surface area contributed by atoms with Crippen molar-refractivity contribution in [1.82, 2.24) is 4.90 Å². The van der Waals surface area contributed by atoms with Crippen LogP contribution in [0.5, 0.6) is 0 Å². The number of thioether (sulfide) groups is 1. The highest BCUT2D eigenvalue weighted by atomic mass is 32.2. The number of hydrogen-bond donors (Lipinski definition) is 1. The van der Waals surface area contributed by atoms with Crippen LogP contribution in [0.25, 0.3) is 0 Å². The minimum Gasteiger partial charge on any atom is -0.353 e. The Morgan fingerprint density at radius 2 is 2.19 bits per heavy atom. The molecule has 2 rings (SSSR count). The third-order valence-electron chi connectivity index (χ3n) is 2.30. The van der Waals surface area contributed by atoms with Crippen LogP contribution in [0.2, 0.25) is 0 Å². The summed E-state index contributed by atoms with van der Waals surface area (Å²) in [7, 11) is 2.04. The van der Waals surface area contributed by atoms with Gasteiger partial charge in [-0.3, -0.25) is 4.79 Å². The van der Waals surface area contributed by atoms with Gasteiger partial charge in [-0.25, -0.2) is 4.99 Å². The van der Waals surface area contributed by atoms with Crippen molar-refractivity contribution < 1.29 is 4.79 Å². The molecule has 0 spiro atoms. The predicted molar refractivity (Wildman–Crippen MR) is 68.3 cm³/mol. The van der Waals surface area contributed by atoms with Gasteiger partial charge in [0, 0.05) is 25.0 Å². The van der Waals surface area contributed by atoms with Crippen LogP contribution in [0.1, 0.15) is 0 Å². The average Bonchev–Trinajstić information content (AvgIpc) is 2.68. The Morgan fingerprint density at radius 3 is 2.75 bits per heavy atom. The molecule has 1 N–H and O–H groups in total. The molecular formula is C11H13N3OS. The lowest BCUT2D eigenvalue weighted by molar-refractivity contribution is -0.105. The first kappa shape index (κ1) is 11.0. The quantitative estimate of drug-likeness (QED) is 0.814. The molecule has 1 amide bonds. The summed E-state index contributed by atoms with van der Waals surface area (Å²) >= 11 is 1.76. The SMILES string of the molecule is CN1CCSC1=Nc1ccc(NC=O)cc1. The first-order valence-electron chi connectivity index (χ1n) is 5.02. The summed E-state index contributed by atoms with van der Waals surface area (Å²) in [6.07, 6.45) is 0.668. The van der Waals surface area contributed by atoms with Crippen LogP contribution in [0.3, 0.4) is 0 Å². The second kappa shape index (κ2) is 5.03. The van der Waals surface area contributed by atoms with Gasteiger partial charge in [-0.05, 0) is 24.3 Å². The highest BCUT2D eigenvalue weighted by Crippen LogP contribution is 2.22. The second-order valence-electron chi connectivity index (χ2n) is 3.47. The second-order valence-corrected chi connectivity index (χ2v) is 4.54. The Kier molecular flexibility index (Phi) is 3.46. The van der Waals surface area contributed by atoms with Gasteiger partial charge in [0.25, 0.3) is 0 Å². The maximum Gasteiger partial charge on any atom is 0.211 e. The lowest BCUT2D eigenvalue weighted by Gasteiger charge is -2.09. The molecule has 1 aliphatic rings. The van der Waals surface area contributed by atoms with E-state index in [4.69, 9.17) is 0 Å². The highest BCUT2D eigenvalue weighted by Gasteiger charge is 2.14. The molecule has 0 atom stereocenters. The Balaban J connectivity index is 2.12. The normalized spacial score (nSPS) is 17.8. The molecule has 1 saturated heterocycles. The molecule has 1 aromatic rings. The van der Waals surface area contributed by atoms with Crippen LogP contribution in [-0.4, -0.2) is 35.8 Å². The van der Waals surface area contributed by atoms with Gasteiger partial charge < -0.3 is 10.2 Å². The lowest BCUT2D eigenvalue weighted by Crippen LogP contribution is -2.17. The number of benzene rings is 1. The smallest absolute Gasteiger partial charge is 0.211 e. The number of aliphatic imine (C=N–C) groups is 1. The molecule has 4 nitrogen and oxygen atoms in total. The number of amides is 1. The third-order valence-corrected chi connectivity index (χ3v) is 3.35. The molecular weight excluding hydrogens is 222 g/mol. The summed E-state index contributed by atoms with van der Waals surface area (Å²) in [5, 5.41) is 3.64. The first-order valence-corrected chi connectivity index (χ1v) is 6.01. The molecule has 0 unspecified atom stereocenters. The molecule has 1 heterocycles. The van der Waals surface area contributed by atoms with E-state index < -0.39 is 0 Å².